The van der Waals surface area contributed by atoms with Crippen LogP contribution in [0.15, 0.2) is 30.3 Å². The van der Waals surface area contributed by atoms with E-state index in [1.165, 1.54) is 19.3 Å². The van der Waals surface area contributed by atoms with Gasteiger partial charge in [0.2, 0.25) is 0 Å². The molecule has 0 fully saturated rings. The van der Waals surface area contributed by atoms with E-state index in [1.807, 2.05) is 30.3 Å². The van der Waals surface area contributed by atoms with E-state index in [1.54, 1.807) is 0 Å². The summed E-state index contributed by atoms with van der Waals surface area (Å²) in [4.78, 5) is 2.49. The molecule has 0 aliphatic rings. The van der Waals surface area contributed by atoms with Crippen LogP contribution in [0, 0.1) is 5.92 Å². The monoisotopic (exact) mass is 277 g/mol. The Morgan fingerprint density at radius 1 is 1.05 bits per heavy atom. The van der Waals surface area contributed by atoms with Crippen LogP contribution in [0.4, 0.5) is 0 Å². The largest absolute Gasteiger partial charge is 0.388 e. The summed E-state index contributed by atoms with van der Waals surface area (Å²) in [6.45, 7) is 11.0. The van der Waals surface area contributed by atoms with Crippen LogP contribution in [0.5, 0.6) is 0 Å². The molecule has 1 N–H and O–H groups in total. The van der Waals surface area contributed by atoms with Crippen LogP contribution >= 0.6 is 0 Å². The van der Waals surface area contributed by atoms with E-state index in [-0.39, 0.29) is 12.0 Å². The minimum absolute atomic E-state index is 0.251. The Balaban J connectivity index is 2.54. The summed E-state index contributed by atoms with van der Waals surface area (Å²) >= 11 is 0. The lowest BCUT2D eigenvalue weighted by Gasteiger charge is -2.31. The summed E-state index contributed by atoms with van der Waals surface area (Å²) in [5.41, 5.74) is 1.03. The summed E-state index contributed by atoms with van der Waals surface area (Å²) < 4.78 is 0. The fourth-order valence-corrected chi connectivity index (χ4v) is 2.57. The SMILES string of the molecule is CCCCCN(CC(C)C(O)c1ccccc1)C(C)C. The Hall–Kier alpha value is -0.860. The average molecular weight is 277 g/mol. The molecule has 0 saturated carbocycles. The fourth-order valence-electron chi connectivity index (χ4n) is 2.57. The molecule has 0 aliphatic heterocycles. The third-order valence-corrected chi connectivity index (χ3v) is 3.98. The molecule has 0 heterocycles. The van der Waals surface area contributed by atoms with Crippen molar-refractivity contribution in [3.05, 3.63) is 35.9 Å². The molecular formula is C18H31NO. The second-order valence-electron chi connectivity index (χ2n) is 6.13. The highest BCUT2D eigenvalue weighted by molar-refractivity contribution is 5.17. The number of hydrogen-bond acceptors (Lipinski definition) is 2. The molecule has 0 bridgehead atoms. The second kappa shape index (κ2) is 9.15. The van der Waals surface area contributed by atoms with Crippen molar-refractivity contribution in [3.8, 4) is 0 Å². The van der Waals surface area contributed by atoms with E-state index in [9.17, 15) is 5.11 Å². The number of nitrogens with zero attached hydrogens (tertiary/aromatic N) is 1. The molecule has 2 unspecified atom stereocenters. The lowest BCUT2D eigenvalue weighted by atomic mass is 9.96. The van der Waals surface area contributed by atoms with Crippen molar-refractivity contribution in [1.29, 1.82) is 0 Å². The van der Waals surface area contributed by atoms with Gasteiger partial charge in [0.05, 0.1) is 6.10 Å². The molecule has 0 spiro atoms. The van der Waals surface area contributed by atoms with Crippen molar-refractivity contribution in [2.75, 3.05) is 13.1 Å². The molecular weight excluding hydrogens is 246 g/mol. The normalized spacial score (nSPS) is 14.8. The molecule has 20 heavy (non-hydrogen) atoms. The van der Waals surface area contributed by atoms with E-state index in [2.05, 4.69) is 32.6 Å². The van der Waals surface area contributed by atoms with Crippen molar-refractivity contribution in [1.82, 2.24) is 4.90 Å². The summed E-state index contributed by atoms with van der Waals surface area (Å²) in [7, 11) is 0. The van der Waals surface area contributed by atoms with Gasteiger partial charge in [-0.25, -0.2) is 0 Å². The van der Waals surface area contributed by atoms with Gasteiger partial charge < -0.3 is 10.0 Å². The van der Waals surface area contributed by atoms with Crippen molar-refractivity contribution in [2.45, 2.75) is 59.1 Å². The molecule has 1 aromatic rings. The Morgan fingerprint density at radius 3 is 2.25 bits per heavy atom. The molecule has 0 aliphatic carbocycles. The number of unbranched alkanes of at least 4 members (excludes halogenated alkanes) is 2. The van der Waals surface area contributed by atoms with Gasteiger partial charge in [-0.1, -0.05) is 57.0 Å². The predicted molar refractivity (Wildman–Crippen MR) is 86.8 cm³/mol. The van der Waals surface area contributed by atoms with Crippen LogP contribution in [-0.4, -0.2) is 29.1 Å². The number of aliphatic hydroxyl groups excluding tert-OH is 1. The standard InChI is InChI=1S/C18H31NO/c1-5-6-10-13-19(15(2)3)14-16(4)18(20)17-11-8-7-9-12-17/h7-9,11-12,15-16,18,20H,5-6,10,13-14H2,1-4H3. The zero-order valence-corrected chi connectivity index (χ0v) is 13.5. The van der Waals surface area contributed by atoms with Crippen molar-refractivity contribution in [3.63, 3.8) is 0 Å². The van der Waals surface area contributed by atoms with Gasteiger partial charge in [-0.3, -0.25) is 0 Å². The zero-order chi connectivity index (χ0) is 15.0. The van der Waals surface area contributed by atoms with E-state index in [0.29, 0.717) is 6.04 Å². The molecule has 0 saturated heterocycles. The van der Waals surface area contributed by atoms with Gasteiger partial charge in [0.1, 0.15) is 0 Å². The molecule has 2 nitrogen and oxygen atoms in total. The Labute approximate surface area is 124 Å². The van der Waals surface area contributed by atoms with Crippen molar-refractivity contribution < 1.29 is 5.11 Å². The van der Waals surface area contributed by atoms with Crippen molar-refractivity contribution >= 4 is 0 Å². The molecule has 1 aromatic carbocycles. The van der Waals surface area contributed by atoms with E-state index < -0.39 is 0 Å². The zero-order valence-electron chi connectivity index (χ0n) is 13.5. The number of hydrogen-bond donors (Lipinski definition) is 1. The minimum atomic E-state index is -0.372. The van der Waals surface area contributed by atoms with Gasteiger partial charge in [0, 0.05) is 12.6 Å². The first-order chi connectivity index (χ1) is 9.56. The molecule has 1 rings (SSSR count). The first kappa shape index (κ1) is 17.2. The molecule has 2 heteroatoms. The van der Waals surface area contributed by atoms with Crippen LogP contribution in [0.25, 0.3) is 0 Å². The highest BCUT2D eigenvalue weighted by atomic mass is 16.3. The molecule has 0 amide bonds. The summed E-state index contributed by atoms with van der Waals surface area (Å²) in [5.74, 6) is 0.251. The van der Waals surface area contributed by atoms with Crippen LogP contribution in [0.2, 0.25) is 0 Å². The maximum atomic E-state index is 10.5. The number of aliphatic hydroxyl groups is 1. The maximum absolute atomic E-state index is 10.5. The first-order valence-corrected chi connectivity index (χ1v) is 8.03. The van der Waals surface area contributed by atoms with E-state index in [4.69, 9.17) is 0 Å². The Kier molecular flexibility index (Phi) is 7.86. The van der Waals surface area contributed by atoms with Gasteiger partial charge in [-0.2, -0.15) is 0 Å². The average Bonchev–Trinajstić information content (AvgIpc) is 2.46. The Bertz CT molecular complexity index is 350. The lowest BCUT2D eigenvalue weighted by molar-refractivity contribution is 0.0777. The maximum Gasteiger partial charge on any atom is 0.0827 e. The van der Waals surface area contributed by atoms with Gasteiger partial charge in [0.15, 0.2) is 0 Å². The third kappa shape index (κ3) is 5.64. The highest BCUT2D eigenvalue weighted by Gasteiger charge is 2.20. The third-order valence-electron chi connectivity index (χ3n) is 3.98. The molecule has 2 atom stereocenters. The Morgan fingerprint density at radius 2 is 1.70 bits per heavy atom. The van der Waals surface area contributed by atoms with Crippen LogP contribution in [-0.2, 0) is 0 Å². The topological polar surface area (TPSA) is 23.5 Å². The molecule has 114 valence electrons. The molecule has 0 radical (unpaired) electrons. The number of rotatable bonds is 9. The smallest absolute Gasteiger partial charge is 0.0827 e. The summed E-state index contributed by atoms with van der Waals surface area (Å²) in [6.07, 6.45) is 3.43. The van der Waals surface area contributed by atoms with Gasteiger partial charge >= 0.3 is 0 Å². The van der Waals surface area contributed by atoms with Crippen LogP contribution in [0.1, 0.15) is 58.6 Å². The first-order valence-electron chi connectivity index (χ1n) is 8.03. The van der Waals surface area contributed by atoms with E-state index in [0.717, 1.165) is 18.7 Å². The second-order valence-corrected chi connectivity index (χ2v) is 6.13. The number of benzene rings is 1. The molecule has 0 aromatic heterocycles. The highest BCUT2D eigenvalue weighted by Crippen LogP contribution is 2.23. The van der Waals surface area contributed by atoms with Crippen LogP contribution in [0.3, 0.4) is 0 Å². The summed E-state index contributed by atoms with van der Waals surface area (Å²) in [5, 5.41) is 10.5. The van der Waals surface area contributed by atoms with Gasteiger partial charge in [-0.05, 0) is 38.3 Å². The minimum Gasteiger partial charge on any atom is -0.388 e. The fraction of sp³-hybridized carbons (Fsp3) is 0.667. The predicted octanol–water partition coefficient (Wildman–Crippen LogP) is 4.26. The van der Waals surface area contributed by atoms with Crippen LogP contribution < -0.4 is 0 Å². The van der Waals surface area contributed by atoms with Gasteiger partial charge in [0.25, 0.3) is 0 Å². The van der Waals surface area contributed by atoms with E-state index >= 15 is 0 Å². The summed E-state index contributed by atoms with van der Waals surface area (Å²) in [6, 6.07) is 10.5. The van der Waals surface area contributed by atoms with Gasteiger partial charge in [-0.15, -0.1) is 0 Å². The quantitative estimate of drug-likeness (QED) is 0.682. The lowest BCUT2D eigenvalue weighted by Crippen LogP contribution is -2.37. The van der Waals surface area contributed by atoms with Crippen molar-refractivity contribution in [2.24, 2.45) is 5.92 Å².